The highest BCUT2D eigenvalue weighted by Crippen LogP contribution is 2.29. The second-order valence-electron chi connectivity index (χ2n) is 5.80. The topological polar surface area (TPSA) is 76.3 Å². The van der Waals surface area contributed by atoms with Gasteiger partial charge in [-0.05, 0) is 24.6 Å². The number of benzene rings is 2. The number of carbonyl (C=O) groups excluding carboxylic acids is 1. The third kappa shape index (κ3) is 3.66. The van der Waals surface area contributed by atoms with Crippen molar-refractivity contribution in [2.24, 2.45) is 0 Å². The fraction of sp³-hybridized carbons (Fsp3) is 0.222. The molecule has 0 saturated carbocycles. The molecule has 0 aliphatic rings. The van der Waals surface area contributed by atoms with Crippen LogP contribution >= 0.6 is 11.3 Å². The van der Waals surface area contributed by atoms with Crippen LogP contribution in [0.15, 0.2) is 48.5 Å². The van der Waals surface area contributed by atoms with Crippen LogP contribution in [0.2, 0.25) is 0 Å². The third-order valence-corrected chi connectivity index (χ3v) is 5.35. The van der Waals surface area contributed by atoms with Crippen LogP contribution in [-0.4, -0.2) is 27.8 Å². The smallest absolute Gasteiger partial charge is 0.269 e. The molecule has 2 aromatic carbocycles. The second kappa shape index (κ2) is 6.98. The van der Waals surface area contributed by atoms with E-state index in [2.05, 4.69) is 4.98 Å². The monoisotopic (exact) mass is 355 g/mol. The van der Waals surface area contributed by atoms with E-state index in [-0.39, 0.29) is 24.1 Å². The predicted octanol–water partition coefficient (Wildman–Crippen LogP) is 3.97. The number of hydrogen-bond donors (Lipinski definition) is 0. The molecule has 0 bridgehead atoms. The first-order valence-electron chi connectivity index (χ1n) is 7.80. The Labute approximate surface area is 148 Å². The average molecular weight is 355 g/mol. The quantitative estimate of drug-likeness (QED) is 0.513. The lowest BCUT2D eigenvalue weighted by Crippen LogP contribution is -2.30. The van der Waals surface area contributed by atoms with E-state index < -0.39 is 4.92 Å². The van der Waals surface area contributed by atoms with Crippen LogP contribution in [0.3, 0.4) is 0 Å². The lowest BCUT2D eigenvalue weighted by Gasteiger charge is -2.23. The van der Waals surface area contributed by atoms with Crippen LogP contribution in [0.1, 0.15) is 23.5 Å². The molecule has 3 aromatic rings. The number of amides is 1. The van der Waals surface area contributed by atoms with Crippen molar-refractivity contribution >= 4 is 33.1 Å². The Kier molecular flexibility index (Phi) is 4.76. The van der Waals surface area contributed by atoms with Crippen LogP contribution < -0.4 is 0 Å². The number of nitro benzene ring substituents is 1. The van der Waals surface area contributed by atoms with E-state index in [1.807, 2.05) is 31.2 Å². The number of aromatic nitrogens is 1. The molecule has 0 N–H and O–H groups in total. The first-order valence-corrected chi connectivity index (χ1v) is 8.62. The van der Waals surface area contributed by atoms with E-state index in [0.29, 0.717) is 0 Å². The fourth-order valence-electron chi connectivity index (χ4n) is 2.49. The molecule has 128 valence electrons. The summed E-state index contributed by atoms with van der Waals surface area (Å²) in [6.45, 7) is 1.95. The number of hydrogen-bond acceptors (Lipinski definition) is 5. The van der Waals surface area contributed by atoms with E-state index >= 15 is 0 Å². The molecule has 1 atom stereocenters. The highest BCUT2D eigenvalue weighted by Gasteiger charge is 2.21. The molecule has 1 aromatic heterocycles. The van der Waals surface area contributed by atoms with Crippen molar-refractivity contribution in [3.8, 4) is 0 Å². The number of non-ortho nitro benzene ring substituents is 1. The SMILES string of the molecule is C[C@H](c1nc2ccccc2s1)N(C)C(=O)Cc1ccc([N+](=O)[O-])cc1. The van der Waals surface area contributed by atoms with Gasteiger partial charge in [0.2, 0.25) is 5.91 Å². The van der Waals surface area contributed by atoms with E-state index in [1.165, 1.54) is 12.1 Å². The minimum Gasteiger partial charge on any atom is -0.336 e. The van der Waals surface area contributed by atoms with Crippen molar-refractivity contribution in [1.82, 2.24) is 9.88 Å². The van der Waals surface area contributed by atoms with Crippen LogP contribution in [-0.2, 0) is 11.2 Å². The average Bonchev–Trinajstić information content (AvgIpc) is 3.05. The van der Waals surface area contributed by atoms with Crippen molar-refractivity contribution in [3.63, 3.8) is 0 Å². The summed E-state index contributed by atoms with van der Waals surface area (Å²) in [4.78, 5) is 29.0. The number of likely N-dealkylation sites (N-methyl/N-ethyl adjacent to an activating group) is 1. The zero-order valence-corrected chi connectivity index (χ0v) is 14.7. The maximum atomic E-state index is 12.5. The predicted molar refractivity (Wildman–Crippen MR) is 97.6 cm³/mol. The van der Waals surface area contributed by atoms with Gasteiger partial charge in [0.15, 0.2) is 0 Å². The molecule has 0 fully saturated rings. The van der Waals surface area contributed by atoms with Crippen molar-refractivity contribution in [2.45, 2.75) is 19.4 Å². The Morgan fingerprint density at radius 2 is 1.92 bits per heavy atom. The van der Waals surface area contributed by atoms with E-state index in [4.69, 9.17) is 0 Å². The minimum atomic E-state index is -0.451. The molecule has 1 amide bonds. The van der Waals surface area contributed by atoms with Crippen molar-refractivity contribution in [2.75, 3.05) is 7.05 Å². The fourth-order valence-corrected chi connectivity index (χ4v) is 3.55. The summed E-state index contributed by atoms with van der Waals surface area (Å²) in [5, 5.41) is 11.6. The van der Waals surface area contributed by atoms with Gasteiger partial charge < -0.3 is 4.90 Å². The van der Waals surface area contributed by atoms with Crippen molar-refractivity contribution in [3.05, 3.63) is 69.2 Å². The largest absolute Gasteiger partial charge is 0.336 e. The number of nitrogens with zero attached hydrogens (tertiary/aromatic N) is 3. The van der Waals surface area contributed by atoms with E-state index in [1.54, 1.807) is 35.4 Å². The number of nitro groups is 1. The Hall–Kier alpha value is -2.80. The molecule has 0 radical (unpaired) electrons. The van der Waals surface area contributed by atoms with E-state index in [9.17, 15) is 14.9 Å². The minimum absolute atomic E-state index is 0.0207. The van der Waals surface area contributed by atoms with Gasteiger partial charge in [-0.1, -0.05) is 24.3 Å². The van der Waals surface area contributed by atoms with Crippen LogP contribution in [0.25, 0.3) is 10.2 Å². The first kappa shape index (κ1) is 17.0. The van der Waals surface area contributed by atoms with Gasteiger partial charge in [-0.25, -0.2) is 4.98 Å². The Morgan fingerprint density at radius 1 is 1.24 bits per heavy atom. The second-order valence-corrected chi connectivity index (χ2v) is 6.86. The Bertz CT molecular complexity index is 888. The summed E-state index contributed by atoms with van der Waals surface area (Å²) >= 11 is 1.58. The summed E-state index contributed by atoms with van der Waals surface area (Å²) in [5.41, 5.74) is 1.71. The van der Waals surface area contributed by atoms with Gasteiger partial charge in [0.05, 0.1) is 27.6 Å². The lowest BCUT2D eigenvalue weighted by atomic mass is 10.1. The number of para-hydroxylation sites is 1. The molecule has 0 spiro atoms. The van der Waals surface area contributed by atoms with Crippen LogP contribution in [0, 0.1) is 10.1 Å². The molecule has 3 rings (SSSR count). The van der Waals surface area contributed by atoms with Crippen LogP contribution in [0.5, 0.6) is 0 Å². The normalized spacial score (nSPS) is 12.1. The summed E-state index contributed by atoms with van der Waals surface area (Å²) in [7, 11) is 1.75. The Balaban J connectivity index is 1.71. The standard InChI is InChI=1S/C18H17N3O3S/c1-12(18-19-15-5-3-4-6-16(15)25-18)20(2)17(22)11-13-7-9-14(10-8-13)21(23)24/h3-10,12H,11H2,1-2H3/t12-/m1/s1. The number of thiazole rings is 1. The summed E-state index contributed by atoms with van der Waals surface area (Å²) in [5.74, 6) is -0.0550. The molecule has 0 aliphatic heterocycles. The van der Waals surface area contributed by atoms with Gasteiger partial charge in [-0.15, -0.1) is 11.3 Å². The van der Waals surface area contributed by atoms with Crippen molar-refractivity contribution in [1.29, 1.82) is 0 Å². The van der Waals surface area contributed by atoms with Gasteiger partial charge in [-0.3, -0.25) is 14.9 Å². The molecular weight excluding hydrogens is 338 g/mol. The molecular formula is C18H17N3O3S. The zero-order valence-electron chi connectivity index (χ0n) is 13.9. The maximum Gasteiger partial charge on any atom is 0.269 e. The van der Waals surface area contributed by atoms with Gasteiger partial charge in [0.25, 0.3) is 5.69 Å². The molecule has 0 saturated heterocycles. The highest BCUT2D eigenvalue weighted by molar-refractivity contribution is 7.18. The molecule has 7 heteroatoms. The first-order chi connectivity index (χ1) is 12.0. The molecule has 25 heavy (non-hydrogen) atoms. The molecule has 1 heterocycles. The number of rotatable bonds is 5. The summed E-state index contributed by atoms with van der Waals surface area (Å²) in [6.07, 6.45) is 0.198. The molecule has 0 aliphatic carbocycles. The van der Waals surface area contributed by atoms with Gasteiger partial charge in [0.1, 0.15) is 5.01 Å². The summed E-state index contributed by atoms with van der Waals surface area (Å²) in [6, 6.07) is 13.8. The number of fused-ring (bicyclic) bond motifs is 1. The lowest BCUT2D eigenvalue weighted by molar-refractivity contribution is -0.384. The highest BCUT2D eigenvalue weighted by atomic mass is 32.1. The van der Waals surface area contributed by atoms with Crippen molar-refractivity contribution < 1.29 is 9.72 Å². The number of carbonyl (C=O) groups is 1. The van der Waals surface area contributed by atoms with E-state index in [0.717, 1.165) is 20.8 Å². The van der Waals surface area contributed by atoms with Gasteiger partial charge >= 0.3 is 0 Å². The van der Waals surface area contributed by atoms with Gasteiger partial charge in [-0.2, -0.15) is 0 Å². The zero-order chi connectivity index (χ0) is 18.0. The third-order valence-electron chi connectivity index (χ3n) is 4.14. The summed E-state index contributed by atoms with van der Waals surface area (Å²) < 4.78 is 1.10. The van der Waals surface area contributed by atoms with Crippen LogP contribution in [0.4, 0.5) is 5.69 Å². The van der Waals surface area contributed by atoms with Gasteiger partial charge in [0, 0.05) is 19.2 Å². The molecule has 6 nitrogen and oxygen atoms in total. The maximum absolute atomic E-state index is 12.5. The Morgan fingerprint density at radius 3 is 2.56 bits per heavy atom. The molecule has 0 unspecified atom stereocenters.